The SMILES string of the molecule is CCCN(CCO)CC(=O)NC(C)c1cccs1. The van der Waals surface area contributed by atoms with Crippen molar-refractivity contribution in [3.05, 3.63) is 22.4 Å². The second kappa shape index (κ2) is 8.24. The fraction of sp³-hybridized carbons (Fsp3) is 0.615. The first-order valence-corrected chi connectivity index (χ1v) is 7.21. The van der Waals surface area contributed by atoms with Gasteiger partial charge in [0.2, 0.25) is 5.91 Å². The van der Waals surface area contributed by atoms with Crippen LogP contribution in [0.4, 0.5) is 0 Å². The molecule has 0 saturated heterocycles. The van der Waals surface area contributed by atoms with Gasteiger partial charge in [-0.05, 0) is 31.3 Å². The number of amides is 1. The Morgan fingerprint density at radius 2 is 2.33 bits per heavy atom. The van der Waals surface area contributed by atoms with Gasteiger partial charge in [-0.3, -0.25) is 9.69 Å². The summed E-state index contributed by atoms with van der Waals surface area (Å²) < 4.78 is 0. The van der Waals surface area contributed by atoms with Crippen molar-refractivity contribution < 1.29 is 9.90 Å². The maximum atomic E-state index is 11.9. The highest BCUT2D eigenvalue weighted by atomic mass is 32.1. The van der Waals surface area contributed by atoms with Crippen LogP contribution in [0.3, 0.4) is 0 Å². The van der Waals surface area contributed by atoms with Crippen LogP contribution in [0.25, 0.3) is 0 Å². The molecule has 0 aliphatic rings. The summed E-state index contributed by atoms with van der Waals surface area (Å²) in [6.07, 6.45) is 0.980. The Hall–Kier alpha value is -0.910. The molecule has 1 heterocycles. The molecular formula is C13H22N2O2S. The topological polar surface area (TPSA) is 52.6 Å². The summed E-state index contributed by atoms with van der Waals surface area (Å²) in [5.74, 6) is 0.0119. The van der Waals surface area contributed by atoms with Gasteiger partial charge in [0, 0.05) is 11.4 Å². The molecule has 1 unspecified atom stereocenters. The minimum absolute atomic E-state index is 0.0119. The van der Waals surface area contributed by atoms with E-state index in [1.807, 2.05) is 29.3 Å². The van der Waals surface area contributed by atoms with Crippen molar-refractivity contribution in [1.29, 1.82) is 0 Å². The first-order chi connectivity index (χ1) is 8.67. The summed E-state index contributed by atoms with van der Waals surface area (Å²) in [5, 5.41) is 13.9. The van der Waals surface area contributed by atoms with E-state index < -0.39 is 0 Å². The summed E-state index contributed by atoms with van der Waals surface area (Å²) in [6.45, 7) is 5.88. The van der Waals surface area contributed by atoms with Crippen molar-refractivity contribution in [3.8, 4) is 0 Å². The maximum absolute atomic E-state index is 11.9. The number of thiophene rings is 1. The molecule has 0 aromatic carbocycles. The number of nitrogens with zero attached hydrogens (tertiary/aromatic N) is 1. The van der Waals surface area contributed by atoms with E-state index in [2.05, 4.69) is 12.2 Å². The molecule has 4 nitrogen and oxygen atoms in total. The number of hydrogen-bond acceptors (Lipinski definition) is 4. The molecule has 0 aliphatic carbocycles. The number of carbonyl (C=O) groups excluding carboxylic acids is 1. The van der Waals surface area contributed by atoms with Gasteiger partial charge in [0.05, 0.1) is 19.2 Å². The molecule has 1 rings (SSSR count). The first-order valence-electron chi connectivity index (χ1n) is 6.33. The Balaban J connectivity index is 2.39. The van der Waals surface area contributed by atoms with Crippen LogP contribution < -0.4 is 5.32 Å². The molecule has 1 aromatic heterocycles. The number of rotatable bonds is 8. The van der Waals surface area contributed by atoms with Crippen molar-refractivity contribution in [3.63, 3.8) is 0 Å². The average molecular weight is 270 g/mol. The Labute approximate surface area is 113 Å². The molecule has 102 valence electrons. The van der Waals surface area contributed by atoms with Gasteiger partial charge >= 0.3 is 0 Å². The van der Waals surface area contributed by atoms with Crippen LogP contribution in [0.1, 0.15) is 31.2 Å². The molecule has 5 heteroatoms. The number of carbonyl (C=O) groups is 1. The van der Waals surface area contributed by atoms with Crippen LogP contribution in [0.15, 0.2) is 17.5 Å². The van der Waals surface area contributed by atoms with Crippen LogP contribution in [0.5, 0.6) is 0 Å². The van der Waals surface area contributed by atoms with E-state index in [-0.39, 0.29) is 18.6 Å². The molecule has 0 bridgehead atoms. The monoisotopic (exact) mass is 270 g/mol. The third kappa shape index (κ3) is 5.16. The smallest absolute Gasteiger partial charge is 0.234 e. The Morgan fingerprint density at radius 1 is 1.56 bits per heavy atom. The third-order valence-corrected chi connectivity index (χ3v) is 3.73. The lowest BCUT2D eigenvalue weighted by Crippen LogP contribution is -2.39. The van der Waals surface area contributed by atoms with Gasteiger partial charge in [-0.25, -0.2) is 0 Å². The van der Waals surface area contributed by atoms with Crippen molar-refractivity contribution in [2.24, 2.45) is 0 Å². The zero-order valence-corrected chi connectivity index (χ0v) is 11.9. The van der Waals surface area contributed by atoms with E-state index in [0.717, 1.165) is 17.8 Å². The van der Waals surface area contributed by atoms with Crippen molar-refractivity contribution in [2.45, 2.75) is 26.3 Å². The summed E-state index contributed by atoms with van der Waals surface area (Å²) in [4.78, 5) is 15.0. The highest BCUT2D eigenvalue weighted by Crippen LogP contribution is 2.17. The summed E-state index contributed by atoms with van der Waals surface area (Å²) in [5.41, 5.74) is 0. The molecule has 0 aliphatic heterocycles. The second-order valence-electron chi connectivity index (χ2n) is 4.30. The fourth-order valence-corrected chi connectivity index (χ4v) is 2.56. The van der Waals surface area contributed by atoms with Crippen molar-refractivity contribution >= 4 is 17.2 Å². The quantitative estimate of drug-likeness (QED) is 0.755. The molecule has 0 saturated carbocycles. The largest absolute Gasteiger partial charge is 0.395 e. The normalized spacial score (nSPS) is 12.7. The van der Waals surface area contributed by atoms with Gasteiger partial charge in [0.1, 0.15) is 0 Å². The van der Waals surface area contributed by atoms with Gasteiger partial charge in [-0.15, -0.1) is 11.3 Å². The van der Waals surface area contributed by atoms with Crippen LogP contribution in [0, 0.1) is 0 Å². The van der Waals surface area contributed by atoms with Gasteiger partial charge in [0.25, 0.3) is 0 Å². The van der Waals surface area contributed by atoms with Crippen LogP contribution in [-0.4, -0.2) is 42.2 Å². The summed E-state index contributed by atoms with van der Waals surface area (Å²) in [7, 11) is 0. The standard InChI is InChI=1S/C13H22N2O2S/c1-3-6-15(7-8-16)10-13(17)14-11(2)12-5-4-9-18-12/h4-5,9,11,16H,3,6-8,10H2,1-2H3,(H,14,17). The molecule has 18 heavy (non-hydrogen) atoms. The van der Waals surface area contributed by atoms with E-state index in [9.17, 15) is 4.79 Å². The Morgan fingerprint density at radius 3 is 2.89 bits per heavy atom. The number of nitrogens with one attached hydrogen (secondary N) is 1. The molecule has 1 amide bonds. The minimum Gasteiger partial charge on any atom is -0.395 e. The van der Waals surface area contributed by atoms with Crippen LogP contribution >= 0.6 is 11.3 Å². The van der Waals surface area contributed by atoms with E-state index in [4.69, 9.17) is 5.11 Å². The predicted octanol–water partition coefficient (Wildman–Crippen LogP) is 1.63. The number of hydrogen-bond donors (Lipinski definition) is 2. The highest BCUT2D eigenvalue weighted by molar-refractivity contribution is 7.10. The Kier molecular flexibility index (Phi) is 6.93. The molecule has 0 radical (unpaired) electrons. The van der Waals surface area contributed by atoms with Crippen molar-refractivity contribution in [2.75, 3.05) is 26.2 Å². The van der Waals surface area contributed by atoms with Gasteiger partial charge in [-0.1, -0.05) is 13.0 Å². The summed E-state index contributed by atoms with van der Waals surface area (Å²) in [6, 6.07) is 4.06. The zero-order valence-electron chi connectivity index (χ0n) is 11.1. The fourth-order valence-electron chi connectivity index (χ4n) is 1.83. The molecule has 1 atom stereocenters. The van der Waals surface area contributed by atoms with Crippen molar-refractivity contribution in [1.82, 2.24) is 10.2 Å². The molecular weight excluding hydrogens is 248 g/mol. The lowest BCUT2D eigenvalue weighted by molar-refractivity contribution is -0.123. The lowest BCUT2D eigenvalue weighted by Gasteiger charge is -2.21. The van der Waals surface area contributed by atoms with Crippen LogP contribution in [0.2, 0.25) is 0 Å². The minimum atomic E-state index is 0.0119. The lowest BCUT2D eigenvalue weighted by atomic mass is 10.2. The van der Waals surface area contributed by atoms with E-state index >= 15 is 0 Å². The van der Waals surface area contributed by atoms with Gasteiger partial charge < -0.3 is 10.4 Å². The van der Waals surface area contributed by atoms with Crippen LogP contribution in [-0.2, 0) is 4.79 Å². The molecule has 2 N–H and O–H groups in total. The number of aliphatic hydroxyl groups excluding tert-OH is 1. The zero-order chi connectivity index (χ0) is 13.4. The van der Waals surface area contributed by atoms with Gasteiger partial charge in [-0.2, -0.15) is 0 Å². The van der Waals surface area contributed by atoms with E-state index in [1.165, 1.54) is 0 Å². The average Bonchev–Trinajstić information content (AvgIpc) is 2.82. The summed E-state index contributed by atoms with van der Waals surface area (Å²) >= 11 is 1.64. The Bertz CT molecular complexity index is 335. The third-order valence-electron chi connectivity index (χ3n) is 2.67. The van der Waals surface area contributed by atoms with Gasteiger partial charge in [0.15, 0.2) is 0 Å². The number of aliphatic hydroxyl groups is 1. The predicted molar refractivity (Wildman–Crippen MR) is 74.7 cm³/mol. The highest BCUT2D eigenvalue weighted by Gasteiger charge is 2.13. The second-order valence-corrected chi connectivity index (χ2v) is 5.28. The first kappa shape index (κ1) is 15.1. The molecule has 1 aromatic rings. The molecule has 0 spiro atoms. The molecule has 0 fully saturated rings. The maximum Gasteiger partial charge on any atom is 0.234 e. The van der Waals surface area contributed by atoms with E-state index in [1.54, 1.807) is 11.3 Å². The van der Waals surface area contributed by atoms with E-state index in [0.29, 0.717) is 13.1 Å².